The summed E-state index contributed by atoms with van der Waals surface area (Å²) in [6.07, 6.45) is 0.369. The number of methoxy groups -OCH3 is 3. The number of benzene rings is 4. The molecule has 0 radical (unpaired) electrons. The predicted molar refractivity (Wildman–Crippen MR) is 123 cm³/mol. The summed E-state index contributed by atoms with van der Waals surface area (Å²) in [4.78, 5) is 0. The first-order chi connectivity index (χ1) is 15.1. The van der Waals surface area contributed by atoms with Crippen LogP contribution in [0.15, 0.2) is 84.9 Å². The Morgan fingerprint density at radius 2 is 1.32 bits per heavy atom. The second kappa shape index (κ2) is 8.70. The first kappa shape index (κ1) is 20.8. The van der Waals surface area contributed by atoms with E-state index in [0.29, 0.717) is 29.2 Å². The molecule has 0 bridgehead atoms. The smallest absolute Gasteiger partial charge is 0.203 e. The third-order valence-corrected chi connectivity index (χ3v) is 5.69. The Balaban J connectivity index is 2.03. The molecule has 0 heterocycles. The number of hydrogen-bond acceptors (Lipinski definition) is 4. The largest absolute Gasteiger partial charge is 0.493 e. The van der Waals surface area contributed by atoms with Crippen molar-refractivity contribution in [3.05, 3.63) is 102 Å². The molecule has 0 aliphatic rings. The maximum atomic E-state index is 12.4. The topological polar surface area (TPSA) is 47.9 Å². The van der Waals surface area contributed by atoms with Crippen LogP contribution in [0.1, 0.15) is 16.7 Å². The van der Waals surface area contributed by atoms with Crippen molar-refractivity contribution in [3.63, 3.8) is 0 Å². The lowest BCUT2D eigenvalue weighted by Gasteiger charge is -2.33. The Bertz CT molecular complexity index is 1180. The molecule has 158 valence electrons. The number of hydrogen-bond donors (Lipinski definition) is 1. The molecule has 0 aromatic heterocycles. The van der Waals surface area contributed by atoms with Crippen LogP contribution in [0.4, 0.5) is 0 Å². The highest BCUT2D eigenvalue weighted by atomic mass is 16.5. The lowest BCUT2D eigenvalue weighted by atomic mass is 9.78. The zero-order valence-electron chi connectivity index (χ0n) is 18.0. The summed E-state index contributed by atoms with van der Waals surface area (Å²) in [5.74, 6) is 1.45. The molecule has 0 aliphatic carbocycles. The molecule has 4 nitrogen and oxygen atoms in total. The van der Waals surface area contributed by atoms with Crippen LogP contribution in [0, 0.1) is 0 Å². The van der Waals surface area contributed by atoms with E-state index in [1.54, 1.807) is 27.4 Å². The zero-order chi connectivity index (χ0) is 21.8. The Morgan fingerprint density at radius 1 is 0.645 bits per heavy atom. The van der Waals surface area contributed by atoms with Crippen molar-refractivity contribution in [1.29, 1.82) is 0 Å². The molecule has 0 saturated heterocycles. The minimum atomic E-state index is -1.37. The lowest BCUT2D eigenvalue weighted by Crippen LogP contribution is -2.31. The summed E-state index contributed by atoms with van der Waals surface area (Å²) < 4.78 is 16.8. The van der Waals surface area contributed by atoms with Gasteiger partial charge in [-0.1, -0.05) is 72.8 Å². The van der Waals surface area contributed by atoms with Gasteiger partial charge in [-0.05, 0) is 34.0 Å². The van der Waals surface area contributed by atoms with E-state index in [0.717, 1.165) is 21.9 Å². The van der Waals surface area contributed by atoms with Gasteiger partial charge in [0.1, 0.15) is 5.60 Å². The molecule has 1 atom stereocenters. The quantitative estimate of drug-likeness (QED) is 0.443. The number of fused-ring (bicyclic) bond motifs is 1. The molecule has 0 aliphatic heterocycles. The monoisotopic (exact) mass is 414 g/mol. The number of rotatable bonds is 7. The van der Waals surface area contributed by atoms with Crippen LogP contribution in [-0.4, -0.2) is 26.4 Å². The van der Waals surface area contributed by atoms with E-state index >= 15 is 0 Å². The van der Waals surface area contributed by atoms with Crippen molar-refractivity contribution in [1.82, 2.24) is 0 Å². The van der Waals surface area contributed by atoms with E-state index in [1.807, 2.05) is 78.9 Å². The third kappa shape index (κ3) is 3.71. The van der Waals surface area contributed by atoms with Gasteiger partial charge in [0, 0.05) is 12.0 Å². The van der Waals surface area contributed by atoms with Gasteiger partial charge in [0.25, 0.3) is 0 Å². The predicted octanol–water partition coefficient (Wildman–Crippen LogP) is 5.34. The minimum Gasteiger partial charge on any atom is -0.493 e. The molecule has 0 saturated carbocycles. The van der Waals surface area contributed by atoms with E-state index < -0.39 is 5.60 Å². The molecule has 4 heteroatoms. The fourth-order valence-electron chi connectivity index (χ4n) is 4.24. The van der Waals surface area contributed by atoms with Crippen molar-refractivity contribution in [3.8, 4) is 17.2 Å². The van der Waals surface area contributed by atoms with Gasteiger partial charge in [0.2, 0.25) is 5.75 Å². The Morgan fingerprint density at radius 3 is 2.03 bits per heavy atom. The SMILES string of the molecule is COc1ccc(C(O)(Cc2ccccc2)c2cccc3ccccc23)c(OC)c1OC. The van der Waals surface area contributed by atoms with Gasteiger partial charge >= 0.3 is 0 Å². The number of ether oxygens (including phenoxy) is 3. The second-order valence-corrected chi connectivity index (χ2v) is 7.43. The summed E-state index contributed by atoms with van der Waals surface area (Å²) >= 11 is 0. The Kier molecular flexibility index (Phi) is 5.83. The van der Waals surface area contributed by atoms with Gasteiger partial charge < -0.3 is 19.3 Å². The summed E-state index contributed by atoms with van der Waals surface area (Å²) in [5.41, 5.74) is 1.07. The highest BCUT2D eigenvalue weighted by molar-refractivity contribution is 5.87. The van der Waals surface area contributed by atoms with Crippen molar-refractivity contribution in [2.75, 3.05) is 21.3 Å². The molecule has 1 unspecified atom stereocenters. The molecule has 4 aromatic carbocycles. The maximum absolute atomic E-state index is 12.4. The molecular formula is C27H26O4. The highest BCUT2D eigenvalue weighted by Gasteiger charge is 2.38. The molecule has 0 amide bonds. The fraction of sp³-hybridized carbons (Fsp3) is 0.185. The van der Waals surface area contributed by atoms with Gasteiger partial charge in [-0.15, -0.1) is 0 Å². The Labute approximate surface area is 182 Å². The summed E-state index contributed by atoms with van der Waals surface area (Å²) in [7, 11) is 4.73. The molecule has 0 spiro atoms. The van der Waals surface area contributed by atoms with Gasteiger partial charge in [-0.3, -0.25) is 0 Å². The van der Waals surface area contributed by atoms with Crippen LogP contribution in [-0.2, 0) is 12.0 Å². The fourth-order valence-corrected chi connectivity index (χ4v) is 4.24. The molecule has 31 heavy (non-hydrogen) atoms. The van der Waals surface area contributed by atoms with Gasteiger partial charge in [-0.25, -0.2) is 0 Å². The van der Waals surface area contributed by atoms with Crippen LogP contribution in [0.2, 0.25) is 0 Å². The van der Waals surface area contributed by atoms with Crippen molar-refractivity contribution in [2.24, 2.45) is 0 Å². The lowest BCUT2D eigenvalue weighted by molar-refractivity contribution is 0.0791. The van der Waals surface area contributed by atoms with Crippen LogP contribution < -0.4 is 14.2 Å². The normalized spacial score (nSPS) is 12.9. The standard InChI is InChI=1S/C27H26O4/c1-29-24-17-16-23(25(30-2)26(24)31-3)27(28,18-19-10-5-4-6-11-19)22-15-9-13-20-12-7-8-14-21(20)22/h4-17,28H,18H2,1-3H3. The van der Waals surface area contributed by atoms with Crippen molar-refractivity contribution >= 4 is 10.8 Å². The van der Waals surface area contributed by atoms with Crippen LogP contribution in [0.25, 0.3) is 10.8 Å². The first-order valence-corrected chi connectivity index (χ1v) is 10.2. The van der Waals surface area contributed by atoms with Gasteiger partial charge in [0.15, 0.2) is 11.5 Å². The third-order valence-electron chi connectivity index (χ3n) is 5.69. The molecule has 4 rings (SSSR count). The van der Waals surface area contributed by atoms with Gasteiger partial charge in [0.05, 0.1) is 21.3 Å². The van der Waals surface area contributed by atoms with Gasteiger partial charge in [-0.2, -0.15) is 0 Å². The van der Waals surface area contributed by atoms with Crippen molar-refractivity contribution in [2.45, 2.75) is 12.0 Å². The molecular weight excluding hydrogens is 388 g/mol. The summed E-state index contributed by atoms with van der Waals surface area (Å²) in [6.45, 7) is 0. The first-order valence-electron chi connectivity index (χ1n) is 10.2. The highest BCUT2D eigenvalue weighted by Crippen LogP contribution is 2.48. The average molecular weight is 415 g/mol. The Hall–Kier alpha value is -3.50. The van der Waals surface area contributed by atoms with E-state index in [4.69, 9.17) is 14.2 Å². The van der Waals surface area contributed by atoms with E-state index in [-0.39, 0.29) is 0 Å². The van der Waals surface area contributed by atoms with Crippen LogP contribution >= 0.6 is 0 Å². The summed E-state index contributed by atoms with van der Waals surface area (Å²) in [5, 5.41) is 14.5. The van der Waals surface area contributed by atoms with E-state index in [1.165, 1.54) is 0 Å². The minimum absolute atomic E-state index is 0.369. The molecule has 1 N–H and O–H groups in total. The van der Waals surface area contributed by atoms with Crippen LogP contribution in [0.3, 0.4) is 0 Å². The van der Waals surface area contributed by atoms with Crippen LogP contribution in [0.5, 0.6) is 17.2 Å². The van der Waals surface area contributed by atoms with E-state index in [2.05, 4.69) is 0 Å². The molecule has 4 aromatic rings. The van der Waals surface area contributed by atoms with E-state index in [9.17, 15) is 5.11 Å². The van der Waals surface area contributed by atoms with Crippen molar-refractivity contribution < 1.29 is 19.3 Å². The molecule has 0 fully saturated rings. The number of aliphatic hydroxyl groups is 1. The average Bonchev–Trinajstić information content (AvgIpc) is 2.83. The maximum Gasteiger partial charge on any atom is 0.203 e. The second-order valence-electron chi connectivity index (χ2n) is 7.43. The zero-order valence-corrected chi connectivity index (χ0v) is 18.0. The summed E-state index contributed by atoms with van der Waals surface area (Å²) in [6, 6.07) is 27.7.